The van der Waals surface area contributed by atoms with E-state index in [2.05, 4.69) is 13.8 Å². The zero-order valence-corrected chi connectivity index (χ0v) is 12.4. The van der Waals surface area contributed by atoms with Crippen LogP contribution in [0.2, 0.25) is 0 Å². The summed E-state index contributed by atoms with van der Waals surface area (Å²) in [6, 6.07) is 0. The third-order valence-electron chi connectivity index (χ3n) is 3.71. The van der Waals surface area contributed by atoms with Crippen LogP contribution in [0.15, 0.2) is 0 Å². The lowest BCUT2D eigenvalue weighted by Crippen LogP contribution is -2.31. The predicted octanol–water partition coefficient (Wildman–Crippen LogP) is 4.43. The standard InChI is InChI=1S/C15H32O2/c1-5-7-8-9-10-11-12-15(6-2,13-16-3)14-17-4/h5-14H2,1-4H3. The van der Waals surface area contributed by atoms with Crippen LogP contribution in [0, 0.1) is 5.41 Å². The summed E-state index contributed by atoms with van der Waals surface area (Å²) >= 11 is 0. The number of hydrogen-bond donors (Lipinski definition) is 0. The highest BCUT2D eigenvalue weighted by Gasteiger charge is 2.27. The molecule has 0 aliphatic carbocycles. The van der Waals surface area contributed by atoms with Crippen molar-refractivity contribution in [2.24, 2.45) is 5.41 Å². The first-order chi connectivity index (χ1) is 8.24. The number of unbranched alkanes of at least 4 members (excludes halogenated alkanes) is 5. The third-order valence-corrected chi connectivity index (χ3v) is 3.71. The van der Waals surface area contributed by atoms with E-state index in [-0.39, 0.29) is 5.41 Å². The van der Waals surface area contributed by atoms with Gasteiger partial charge in [0.25, 0.3) is 0 Å². The zero-order chi connectivity index (χ0) is 13.0. The Balaban J connectivity index is 3.82. The Morgan fingerprint density at radius 3 is 1.76 bits per heavy atom. The molecule has 2 nitrogen and oxygen atoms in total. The van der Waals surface area contributed by atoms with Crippen LogP contribution in [0.1, 0.15) is 65.2 Å². The average Bonchev–Trinajstić information content (AvgIpc) is 2.34. The molecule has 0 unspecified atom stereocenters. The van der Waals surface area contributed by atoms with Gasteiger partial charge in [0.1, 0.15) is 0 Å². The molecule has 0 fully saturated rings. The maximum absolute atomic E-state index is 5.37. The van der Waals surface area contributed by atoms with Crippen molar-refractivity contribution >= 4 is 0 Å². The summed E-state index contributed by atoms with van der Waals surface area (Å²) in [5.74, 6) is 0. The van der Waals surface area contributed by atoms with E-state index in [0.29, 0.717) is 0 Å². The third kappa shape index (κ3) is 7.77. The predicted molar refractivity (Wildman–Crippen MR) is 74.5 cm³/mol. The highest BCUT2D eigenvalue weighted by molar-refractivity contribution is 4.77. The molecule has 0 heterocycles. The first kappa shape index (κ1) is 16.9. The molecule has 0 aromatic heterocycles. The summed E-state index contributed by atoms with van der Waals surface area (Å²) in [5.41, 5.74) is 0.244. The van der Waals surface area contributed by atoms with Gasteiger partial charge in [-0.05, 0) is 12.8 Å². The lowest BCUT2D eigenvalue weighted by molar-refractivity contribution is 0.000194. The molecule has 0 aliphatic heterocycles. The number of rotatable bonds is 12. The molecule has 0 spiro atoms. The van der Waals surface area contributed by atoms with Crippen LogP contribution in [0.3, 0.4) is 0 Å². The molecule has 2 heteroatoms. The lowest BCUT2D eigenvalue weighted by atomic mass is 9.81. The molecule has 0 amide bonds. The van der Waals surface area contributed by atoms with E-state index < -0.39 is 0 Å². The van der Waals surface area contributed by atoms with E-state index in [0.717, 1.165) is 19.6 Å². The second kappa shape index (κ2) is 11.0. The van der Waals surface area contributed by atoms with Crippen LogP contribution in [-0.2, 0) is 9.47 Å². The first-order valence-corrected chi connectivity index (χ1v) is 7.22. The topological polar surface area (TPSA) is 18.5 Å². The fourth-order valence-corrected chi connectivity index (χ4v) is 2.46. The van der Waals surface area contributed by atoms with Gasteiger partial charge in [-0.15, -0.1) is 0 Å². The van der Waals surface area contributed by atoms with Crippen LogP contribution in [0.4, 0.5) is 0 Å². The minimum atomic E-state index is 0.244. The van der Waals surface area contributed by atoms with E-state index >= 15 is 0 Å². The molecule has 0 radical (unpaired) electrons. The molecule has 0 saturated heterocycles. The second-order valence-electron chi connectivity index (χ2n) is 5.24. The van der Waals surface area contributed by atoms with Crippen molar-refractivity contribution in [1.82, 2.24) is 0 Å². The molecule has 0 aromatic carbocycles. The highest BCUT2D eigenvalue weighted by atomic mass is 16.5. The van der Waals surface area contributed by atoms with Gasteiger partial charge >= 0.3 is 0 Å². The Bertz CT molecular complexity index is 151. The second-order valence-corrected chi connectivity index (χ2v) is 5.24. The minimum absolute atomic E-state index is 0.244. The van der Waals surface area contributed by atoms with Gasteiger partial charge in [-0.1, -0.05) is 52.4 Å². The van der Waals surface area contributed by atoms with Crippen molar-refractivity contribution in [2.45, 2.75) is 65.2 Å². The fraction of sp³-hybridized carbons (Fsp3) is 1.00. The summed E-state index contributed by atoms with van der Waals surface area (Å²) in [5, 5.41) is 0. The zero-order valence-electron chi connectivity index (χ0n) is 12.4. The van der Waals surface area contributed by atoms with Crippen LogP contribution in [0.5, 0.6) is 0 Å². The quantitative estimate of drug-likeness (QED) is 0.473. The van der Waals surface area contributed by atoms with Crippen LogP contribution >= 0.6 is 0 Å². The average molecular weight is 244 g/mol. The Kier molecular flexibility index (Phi) is 11.0. The number of hydrogen-bond acceptors (Lipinski definition) is 2. The van der Waals surface area contributed by atoms with Gasteiger partial charge in [0, 0.05) is 19.6 Å². The van der Waals surface area contributed by atoms with Gasteiger partial charge in [-0.25, -0.2) is 0 Å². The molecule has 0 atom stereocenters. The molecule has 0 N–H and O–H groups in total. The molecular formula is C15H32O2. The molecule has 0 saturated carbocycles. The van der Waals surface area contributed by atoms with E-state index in [9.17, 15) is 0 Å². The normalized spacial score (nSPS) is 12.0. The summed E-state index contributed by atoms with van der Waals surface area (Å²) in [6.07, 6.45) is 10.5. The molecule has 0 rings (SSSR count). The van der Waals surface area contributed by atoms with Crippen molar-refractivity contribution in [3.05, 3.63) is 0 Å². The van der Waals surface area contributed by atoms with Gasteiger partial charge in [0.15, 0.2) is 0 Å². The Hall–Kier alpha value is -0.0800. The van der Waals surface area contributed by atoms with E-state index in [1.165, 1.54) is 44.9 Å². The van der Waals surface area contributed by atoms with Crippen molar-refractivity contribution in [1.29, 1.82) is 0 Å². The Morgan fingerprint density at radius 2 is 1.29 bits per heavy atom. The molecule has 0 bridgehead atoms. The van der Waals surface area contributed by atoms with Crippen LogP contribution in [0.25, 0.3) is 0 Å². The maximum atomic E-state index is 5.37. The van der Waals surface area contributed by atoms with Crippen LogP contribution < -0.4 is 0 Å². The Labute approximate surface area is 108 Å². The molecular weight excluding hydrogens is 212 g/mol. The molecule has 104 valence electrons. The largest absolute Gasteiger partial charge is 0.384 e. The number of methoxy groups -OCH3 is 2. The van der Waals surface area contributed by atoms with Gasteiger partial charge in [-0.2, -0.15) is 0 Å². The smallest absolute Gasteiger partial charge is 0.0540 e. The summed E-state index contributed by atoms with van der Waals surface area (Å²) < 4.78 is 10.7. The van der Waals surface area contributed by atoms with Gasteiger partial charge in [0.2, 0.25) is 0 Å². The van der Waals surface area contributed by atoms with E-state index in [1.807, 2.05) is 0 Å². The fourth-order valence-electron chi connectivity index (χ4n) is 2.46. The van der Waals surface area contributed by atoms with Crippen molar-refractivity contribution in [2.75, 3.05) is 27.4 Å². The summed E-state index contributed by atoms with van der Waals surface area (Å²) in [7, 11) is 3.59. The minimum Gasteiger partial charge on any atom is -0.384 e. The molecule has 0 aromatic rings. The molecule has 0 aliphatic rings. The first-order valence-electron chi connectivity index (χ1n) is 7.22. The summed E-state index contributed by atoms with van der Waals surface area (Å²) in [6.45, 7) is 6.16. The Morgan fingerprint density at radius 1 is 0.765 bits per heavy atom. The van der Waals surface area contributed by atoms with Gasteiger partial charge in [0.05, 0.1) is 13.2 Å². The monoisotopic (exact) mass is 244 g/mol. The van der Waals surface area contributed by atoms with Crippen molar-refractivity contribution < 1.29 is 9.47 Å². The SMILES string of the molecule is CCCCCCCCC(CC)(COC)COC. The van der Waals surface area contributed by atoms with Crippen molar-refractivity contribution in [3.8, 4) is 0 Å². The molecule has 17 heavy (non-hydrogen) atoms. The van der Waals surface area contributed by atoms with E-state index in [4.69, 9.17) is 9.47 Å². The van der Waals surface area contributed by atoms with Crippen LogP contribution in [-0.4, -0.2) is 27.4 Å². The lowest BCUT2D eigenvalue weighted by Gasteiger charge is -2.31. The summed E-state index contributed by atoms with van der Waals surface area (Å²) in [4.78, 5) is 0. The van der Waals surface area contributed by atoms with Crippen molar-refractivity contribution in [3.63, 3.8) is 0 Å². The highest BCUT2D eigenvalue weighted by Crippen LogP contribution is 2.30. The maximum Gasteiger partial charge on any atom is 0.0540 e. The van der Waals surface area contributed by atoms with Gasteiger partial charge in [-0.3, -0.25) is 0 Å². The van der Waals surface area contributed by atoms with Gasteiger partial charge < -0.3 is 9.47 Å². The van der Waals surface area contributed by atoms with E-state index in [1.54, 1.807) is 14.2 Å². The number of ether oxygens (including phenoxy) is 2.